The number of nitrogens with zero attached hydrogens (tertiary/aromatic N) is 1. The first kappa shape index (κ1) is 24.0. The van der Waals surface area contributed by atoms with Crippen LogP contribution in [0, 0.1) is 5.92 Å². The number of halogens is 2. The van der Waals surface area contributed by atoms with E-state index in [0.717, 1.165) is 0 Å². The fourth-order valence-corrected chi connectivity index (χ4v) is 3.58. The number of nitrogens with one attached hydrogen (secondary N) is 1. The Morgan fingerprint density at radius 2 is 1.90 bits per heavy atom. The molecule has 0 bridgehead atoms. The highest BCUT2D eigenvalue weighted by atomic mass is 35.5. The van der Waals surface area contributed by atoms with Crippen LogP contribution in [0.2, 0.25) is 10.0 Å². The molecule has 2 amide bonds. The van der Waals surface area contributed by atoms with Crippen molar-refractivity contribution in [1.29, 1.82) is 0 Å². The number of hydrogen-bond donors (Lipinski definition) is 1. The Hall–Kier alpha value is -2.25. The topological polar surface area (TPSA) is 84.9 Å². The van der Waals surface area contributed by atoms with Gasteiger partial charge in [-0.1, -0.05) is 23.2 Å². The highest BCUT2D eigenvalue weighted by Crippen LogP contribution is 2.35. The summed E-state index contributed by atoms with van der Waals surface area (Å²) < 4.78 is 10.00. The van der Waals surface area contributed by atoms with Crippen LogP contribution in [-0.2, 0) is 19.1 Å². The van der Waals surface area contributed by atoms with E-state index in [2.05, 4.69) is 10.1 Å². The Bertz CT molecular complexity index is 820. The minimum atomic E-state index is -0.698. The second kappa shape index (κ2) is 11.2. The van der Waals surface area contributed by atoms with Gasteiger partial charge >= 0.3 is 5.97 Å². The summed E-state index contributed by atoms with van der Waals surface area (Å²) in [4.78, 5) is 37.9. The second-order valence-corrected chi connectivity index (χ2v) is 7.66. The van der Waals surface area contributed by atoms with Crippen LogP contribution in [0.3, 0.4) is 0 Å². The smallest absolute Gasteiger partial charge is 0.328 e. The van der Waals surface area contributed by atoms with Gasteiger partial charge in [-0.05, 0) is 50.5 Å². The van der Waals surface area contributed by atoms with Crippen LogP contribution in [0.25, 0.3) is 6.08 Å². The van der Waals surface area contributed by atoms with Gasteiger partial charge in [-0.15, -0.1) is 0 Å². The van der Waals surface area contributed by atoms with E-state index in [1.807, 2.05) is 6.92 Å². The molecule has 1 N–H and O–H groups in total. The number of methoxy groups -OCH3 is 1. The molecule has 1 unspecified atom stereocenters. The zero-order chi connectivity index (χ0) is 22.3. The van der Waals surface area contributed by atoms with E-state index in [4.69, 9.17) is 27.9 Å². The molecule has 1 fully saturated rings. The SMILES string of the molecule is CCOc1ccc(/C=C/C(=O)N2CCC(C(=O)NC(C)C(=O)OC)CC2)c(Cl)c1Cl. The van der Waals surface area contributed by atoms with Crippen molar-refractivity contribution in [2.45, 2.75) is 32.7 Å². The van der Waals surface area contributed by atoms with Crippen molar-refractivity contribution in [3.8, 4) is 5.75 Å². The van der Waals surface area contributed by atoms with Crippen molar-refractivity contribution in [2.24, 2.45) is 5.92 Å². The maximum atomic E-state index is 12.5. The zero-order valence-corrected chi connectivity index (χ0v) is 18.8. The molecule has 1 saturated heterocycles. The average Bonchev–Trinajstić information content (AvgIpc) is 2.75. The molecule has 1 aliphatic heterocycles. The van der Waals surface area contributed by atoms with Gasteiger partial charge in [0.05, 0.1) is 18.7 Å². The molecule has 9 heteroatoms. The van der Waals surface area contributed by atoms with E-state index in [1.54, 1.807) is 30.0 Å². The number of amides is 2. The monoisotopic (exact) mass is 456 g/mol. The highest BCUT2D eigenvalue weighted by Gasteiger charge is 2.28. The Morgan fingerprint density at radius 3 is 2.50 bits per heavy atom. The largest absolute Gasteiger partial charge is 0.492 e. The molecule has 1 aromatic carbocycles. The molecule has 0 aliphatic carbocycles. The molecule has 1 aromatic rings. The van der Waals surface area contributed by atoms with Crippen molar-refractivity contribution < 1.29 is 23.9 Å². The van der Waals surface area contributed by atoms with Gasteiger partial charge in [0.1, 0.15) is 16.8 Å². The molecule has 0 saturated carbocycles. The third-order valence-electron chi connectivity index (χ3n) is 4.87. The molecule has 0 spiro atoms. The van der Waals surface area contributed by atoms with Crippen LogP contribution < -0.4 is 10.1 Å². The number of rotatable bonds is 7. The molecule has 0 radical (unpaired) electrons. The average molecular weight is 457 g/mol. The minimum Gasteiger partial charge on any atom is -0.492 e. The predicted molar refractivity (Wildman–Crippen MR) is 116 cm³/mol. The van der Waals surface area contributed by atoms with Crippen LogP contribution in [0.15, 0.2) is 18.2 Å². The number of likely N-dealkylation sites (tertiary alicyclic amines) is 1. The number of esters is 1. The number of piperidine rings is 1. The first-order chi connectivity index (χ1) is 14.3. The zero-order valence-electron chi connectivity index (χ0n) is 17.2. The fourth-order valence-electron chi connectivity index (χ4n) is 3.14. The number of ether oxygens (including phenoxy) is 2. The fraction of sp³-hybridized carbons (Fsp3) is 0.476. The Labute approximate surface area is 186 Å². The van der Waals surface area contributed by atoms with Crippen LogP contribution >= 0.6 is 23.2 Å². The quantitative estimate of drug-likeness (QED) is 0.502. The molecule has 1 heterocycles. The maximum Gasteiger partial charge on any atom is 0.328 e. The van der Waals surface area contributed by atoms with Crippen molar-refractivity contribution in [3.63, 3.8) is 0 Å². The van der Waals surface area contributed by atoms with Crippen LogP contribution in [-0.4, -0.2) is 55.5 Å². The third-order valence-corrected chi connectivity index (χ3v) is 5.75. The molecule has 0 aromatic heterocycles. The summed E-state index contributed by atoms with van der Waals surface area (Å²) in [5.74, 6) is -0.614. The van der Waals surface area contributed by atoms with Gasteiger partial charge in [0.15, 0.2) is 0 Å². The van der Waals surface area contributed by atoms with Crippen LogP contribution in [0.4, 0.5) is 0 Å². The maximum absolute atomic E-state index is 12.5. The van der Waals surface area contributed by atoms with Crippen LogP contribution in [0.1, 0.15) is 32.3 Å². The van der Waals surface area contributed by atoms with Gasteiger partial charge in [0.2, 0.25) is 11.8 Å². The van der Waals surface area contributed by atoms with Gasteiger partial charge in [0.25, 0.3) is 0 Å². The molecule has 1 atom stereocenters. The summed E-state index contributed by atoms with van der Waals surface area (Å²) in [5.41, 5.74) is 0.615. The normalized spacial score (nSPS) is 15.7. The molecular weight excluding hydrogens is 431 g/mol. The first-order valence-corrected chi connectivity index (χ1v) is 10.5. The predicted octanol–water partition coefficient (Wildman–Crippen LogP) is 3.32. The number of carbonyl (C=O) groups excluding carboxylic acids is 3. The lowest BCUT2D eigenvalue weighted by Crippen LogP contribution is -2.46. The molecule has 30 heavy (non-hydrogen) atoms. The van der Waals surface area contributed by atoms with Gasteiger partial charge in [-0.3, -0.25) is 9.59 Å². The van der Waals surface area contributed by atoms with E-state index in [0.29, 0.717) is 53.9 Å². The number of hydrogen-bond acceptors (Lipinski definition) is 5. The van der Waals surface area contributed by atoms with Gasteiger partial charge < -0.3 is 19.7 Å². The second-order valence-electron chi connectivity index (χ2n) is 6.90. The lowest BCUT2D eigenvalue weighted by atomic mass is 9.95. The van der Waals surface area contributed by atoms with E-state index in [-0.39, 0.29) is 17.7 Å². The summed E-state index contributed by atoms with van der Waals surface area (Å²) in [5, 5.41) is 3.28. The molecule has 2 rings (SSSR count). The van der Waals surface area contributed by atoms with Crippen molar-refractivity contribution in [2.75, 3.05) is 26.8 Å². The lowest BCUT2D eigenvalue weighted by molar-refractivity contribution is -0.145. The lowest BCUT2D eigenvalue weighted by Gasteiger charge is -2.31. The summed E-state index contributed by atoms with van der Waals surface area (Å²) >= 11 is 12.5. The summed E-state index contributed by atoms with van der Waals surface area (Å²) in [6.45, 7) is 4.80. The van der Waals surface area contributed by atoms with E-state index < -0.39 is 12.0 Å². The van der Waals surface area contributed by atoms with E-state index in [1.165, 1.54) is 13.2 Å². The molecular formula is C21H26Cl2N2O5. The van der Waals surface area contributed by atoms with Gasteiger partial charge in [-0.25, -0.2) is 4.79 Å². The Balaban J connectivity index is 1.91. The van der Waals surface area contributed by atoms with Gasteiger partial charge in [-0.2, -0.15) is 0 Å². The Kier molecular flexibility index (Phi) is 8.99. The molecule has 7 nitrogen and oxygen atoms in total. The molecule has 164 valence electrons. The van der Waals surface area contributed by atoms with E-state index in [9.17, 15) is 14.4 Å². The standard InChI is InChI=1S/C21H26Cl2N2O5/c1-4-30-16-7-5-14(18(22)19(16)23)6-8-17(26)25-11-9-15(10-12-25)20(27)24-13(2)21(28)29-3/h5-8,13,15H,4,9-12H2,1-3H3,(H,24,27)/b8-6+. The van der Waals surface area contributed by atoms with Crippen molar-refractivity contribution >= 4 is 47.1 Å². The number of benzene rings is 1. The number of carbonyl (C=O) groups is 3. The van der Waals surface area contributed by atoms with E-state index >= 15 is 0 Å². The highest BCUT2D eigenvalue weighted by molar-refractivity contribution is 6.43. The van der Waals surface area contributed by atoms with Crippen molar-refractivity contribution in [1.82, 2.24) is 10.2 Å². The Morgan fingerprint density at radius 1 is 1.23 bits per heavy atom. The van der Waals surface area contributed by atoms with Gasteiger partial charge in [0, 0.05) is 25.1 Å². The molecule has 1 aliphatic rings. The third kappa shape index (κ3) is 6.12. The first-order valence-electron chi connectivity index (χ1n) is 9.74. The summed E-state index contributed by atoms with van der Waals surface area (Å²) in [7, 11) is 1.27. The minimum absolute atomic E-state index is 0.169. The summed E-state index contributed by atoms with van der Waals surface area (Å²) in [6, 6.07) is 2.75. The van der Waals surface area contributed by atoms with Crippen LogP contribution in [0.5, 0.6) is 5.75 Å². The summed E-state index contributed by atoms with van der Waals surface area (Å²) in [6.07, 6.45) is 4.10. The van der Waals surface area contributed by atoms with Crippen molar-refractivity contribution in [3.05, 3.63) is 33.8 Å².